The molecule has 6 heteroatoms. The van der Waals surface area contributed by atoms with Gasteiger partial charge in [-0.25, -0.2) is 4.79 Å². The molecule has 3 rings (SSSR count). The number of nitrogens with zero attached hydrogens (tertiary/aromatic N) is 2. The number of likely N-dealkylation sites (tertiary alicyclic amines) is 1. The van der Waals surface area contributed by atoms with Crippen LogP contribution in [0, 0.1) is 0 Å². The molecule has 1 N–H and O–H groups in total. The predicted octanol–water partition coefficient (Wildman–Crippen LogP) is 2.74. The van der Waals surface area contributed by atoms with Crippen molar-refractivity contribution in [3.8, 4) is 5.75 Å². The van der Waals surface area contributed by atoms with Crippen LogP contribution in [0.25, 0.3) is 0 Å². The first-order valence-corrected chi connectivity index (χ1v) is 8.00. The van der Waals surface area contributed by atoms with Crippen LogP contribution in [0.4, 0.5) is 4.79 Å². The van der Waals surface area contributed by atoms with Crippen molar-refractivity contribution < 1.29 is 14.6 Å². The molecule has 6 nitrogen and oxygen atoms in total. The van der Waals surface area contributed by atoms with Gasteiger partial charge in [0.1, 0.15) is 12.4 Å². The maximum atomic E-state index is 12.3. The molecule has 1 aliphatic heterocycles. The minimum absolute atomic E-state index is 0.0382. The van der Waals surface area contributed by atoms with Gasteiger partial charge in [0, 0.05) is 31.4 Å². The fraction of sp³-hybridized carbons (Fsp3) is 0.333. The van der Waals surface area contributed by atoms with Crippen LogP contribution in [0.1, 0.15) is 24.4 Å². The second-order valence-corrected chi connectivity index (χ2v) is 5.88. The number of rotatable bonds is 4. The number of carboxylic acid groups (broad SMARTS) is 1. The Morgan fingerprint density at radius 3 is 2.50 bits per heavy atom. The summed E-state index contributed by atoms with van der Waals surface area (Å²) < 4.78 is 7.34. The molecule has 1 aromatic heterocycles. The van der Waals surface area contributed by atoms with Gasteiger partial charge in [0.05, 0.1) is 0 Å². The van der Waals surface area contributed by atoms with Gasteiger partial charge in [-0.05, 0) is 24.5 Å². The van der Waals surface area contributed by atoms with Crippen LogP contribution in [-0.4, -0.2) is 33.8 Å². The summed E-state index contributed by atoms with van der Waals surface area (Å²) >= 11 is 0. The summed E-state index contributed by atoms with van der Waals surface area (Å²) in [5.74, 6) is 0.545. The van der Waals surface area contributed by atoms with E-state index < -0.39 is 6.09 Å². The SMILES string of the molecule is O=C(O)N1CCC(n2ccc(OCc3ccccc3)cc2=O)CC1. The van der Waals surface area contributed by atoms with Crippen molar-refractivity contribution in [1.29, 1.82) is 0 Å². The highest BCUT2D eigenvalue weighted by molar-refractivity contribution is 5.65. The number of hydrogen-bond donors (Lipinski definition) is 1. The van der Waals surface area contributed by atoms with Crippen LogP contribution in [0.15, 0.2) is 53.5 Å². The van der Waals surface area contributed by atoms with Gasteiger partial charge in [0.2, 0.25) is 0 Å². The van der Waals surface area contributed by atoms with Crippen LogP contribution in [0.3, 0.4) is 0 Å². The fourth-order valence-electron chi connectivity index (χ4n) is 2.94. The first-order valence-electron chi connectivity index (χ1n) is 8.00. The zero-order valence-electron chi connectivity index (χ0n) is 13.3. The molecule has 0 radical (unpaired) electrons. The number of carbonyl (C=O) groups is 1. The molecule has 1 saturated heterocycles. The Morgan fingerprint density at radius 1 is 1.17 bits per heavy atom. The average Bonchev–Trinajstić information content (AvgIpc) is 2.61. The van der Waals surface area contributed by atoms with Crippen molar-refractivity contribution in [3.63, 3.8) is 0 Å². The number of piperidine rings is 1. The van der Waals surface area contributed by atoms with Gasteiger partial charge < -0.3 is 19.3 Å². The maximum Gasteiger partial charge on any atom is 0.407 e. The normalized spacial score (nSPS) is 15.2. The molecule has 0 spiro atoms. The third-order valence-corrected chi connectivity index (χ3v) is 4.30. The number of pyridine rings is 1. The molecule has 2 aromatic rings. The van der Waals surface area contributed by atoms with Crippen LogP contribution in [0.5, 0.6) is 5.75 Å². The van der Waals surface area contributed by atoms with Gasteiger partial charge in [-0.2, -0.15) is 0 Å². The van der Waals surface area contributed by atoms with Crippen molar-refractivity contribution >= 4 is 6.09 Å². The molecule has 1 fully saturated rings. The Hall–Kier alpha value is -2.76. The van der Waals surface area contributed by atoms with Gasteiger partial charge >= 0.3 is 6.09 Å². The number of aromatic nitrogens is 1. The highest BCUT2D eigenvalue weighted by atomic mass is 16.5. The summed E-state index contributed by atoms with van der Waals surface area (Å²) in [6, 6.07) is 13.1. The van der Waals surface area contributed by atoms with Crippen molar-refractivity contribution in [3.05, 3.63) is 64.6 Å². The third kappa shape index (κ3) is 3.76. The highest BCUT2D eigenvalue weighted by Gasteiger charge is 2.23. The zero-order valence-corrected chi connectivity index (χ0v) is 13.3. The van der Waals surface area contributed by atoms with E-state index in [1.165, 1.54) is 11.0 Å². The fourth-order valence-corrected chi connectivity index (χ4v) is 2.94. The quantitative estimate of drug-likeness (QED) is 0.937. The molecule has 1 aliphatic rings. The van der Waals surface area contributed by atoms with E-state index in [2.05, 4.69) is 0 Å². The number of amides is 1. The lowest BCUT2D eigenvalue weighted by atomic mass is 10.1. The molecule has 0 unspecified atom stereocenters. The second kappa shape index (κ2) is 7.21. The van der Waals surface area contributed by atoms with Gasteiger partial charge in [-0.15, -0.1) is 0 Å². The maximum absolute atomic E-state index is 12.3. The smallest absolute Gasteiger partial charge is 0.407 e. The lowest BCUT2D eigenvalue weighted by Gasteiger charge is -2.31. The Labute approximate surface area is 139 Å². The lowest BCUT2D eigenvalue weighted by molar-refractivity contribution is 0.125. The largest absolute Gasteiger partial charge is 0.489 e. The zero-order chi connectivity index (χ0) is 16.9. The third-order valence-electron chi connectivity index (χ3n) is 4.30. The average molecular weight is 328 g/mol. The van der Waals surface area contributed by atoms with E-state index >= 15 is 0 Å². The summed E-state index contributed by atoms with van der Waals surface area (Å²) in [4.78, 5) is 24.6. The van der Waals surface area contributed by atoms with Crippen molar-refractivity contribution in [2.45, 2.75) is 25.5 Å². The minimum atomic E-state index is -0.898. The second-order valence-electron chi connectivity index (χ2n) is 5.88. The first kappa shape index (κ1) is 16.1. The molecular formula is C18H20N2O4. The van der Waals surface area contributed by atoms with E-state index in [1.54, 1.807) is 16.8 Å². The summed E-state index contributed by atoms with van der Waals surface area (Å²) in [6.07, 6.45) is 2.14. The van der Waals surface area contributed by atoms with Crippen molar-refractivity contribution in [2.75, 3.05) is 13.1 Å². The van der Waals surface area contributed by atoms with Crippen LogP contribution in [0.2, 0.25) is 0 Å². The molecule has 1 aromatic carbocycles. The lowest BCUT2D eigenvalue weighted by Crippen LogP contribution is -2.39. The summed E-state index contributed by atoms with van der Waals surface area (Å²) in [5, 5.41) is 8.98. The van der Waals surface area contributed by atoms with Crippen molar-refractivity contribution in [2.24, 2.45) is 0 Å². The molecule has 0 atom stereocenters. The number of benzene rings is 1. The Bertz CT molecular complexity index is 749. The molecule has 126 valence electrons. The van der Waals surface area contributed by atoms with E-state index in [0.29, 0.717) is 38.3 Å². The van der Waals surface area contributed by atoms with Crippen LogP contribution >= 0.6 is 0 Å². The summed E-state index contributed by atoms with van der Waals surface area (Å²) in [7, 11) is 0. The van der Waals surface area contributed by atoms with E-state index in [9.17, 15) is 9.59 Å². The molecular weight excluding hydrogens is 308 g/mol. The molecule has 0 saturated carbocycles. The molecule has 0 bridgehead atoms. The Balaban J connectivity index is 1.63. The highest BCUT2D eigenvalue weighted by Crippen LogP contribution is 2.22. The van der Waals surface area contributed by atoms with Crippen LogP contribution < -0.4 is 10.3 Å². The topological polar surface area (TPSA) is 71.8 Å². The Kier molecular flexibility index (Phi) is 4.84. The van der Waals surface area contributed by atoms with Gasteiger partial charge in [0.15, 0.2) is 0 Å². The van der Waals surface area contributed by atoms with Gasteiger partial charge in [-0.3, -0.25) is 4.79 Å². The van der Waals surface area contributed by atoms with E-state index in [4.69, 9.17) is 9.84 Å². The van der Waals surface area contributed by atoms with Gasteiger partial charge in [0.25, 0.3) is 5.56 Å². The standard InChI is InChI=1S/C18H20N2O4/c21-17-12-16(24-13-14-4-2-1-3-5-14)8-11-20(17)15-6-9-19(10-7-15)18(22)23/h1-5,8,11-12,15H,6-7,9-10,13H2,(H,22,23). The van der Waals surface area contributed by atoms with Crippen molar-refractivity contribution in [1.82, 2.24) is 9.47 Å². The molecule has 0 aliphatic carbocycles. The Morgan fingerprint density at radius 2 is 1.88 bits per heavy atom. The van der Waals surface area contributed by atoms with Crippen LogP contribution in [-0.2, 0) is 6.61 Å². The predicted molar refractivity (Wildman–Crippen MR) is 89.3 cm³/mol. The van der Waals surface area contributed by atoms with E-state index in [1.807, 2.05) is 30.3 Å². The van der Waals surface area contributed by atoms with E-state index in [-0.39, 0.29) is 11.6 Å². The first-order chi connectivity index (χ1) is 11.6. The number of hydrogen-bond acceptors (Lipinski definition) is 3. The van der Waals surface area contributed by atoms with Gasteiger partial charge in [-0.1, -0.05) is 30.3 Å². The molecule has 1 amide bonds. The molecule has 2 heterocycles. The van der Waals surface area contributed by atoms with E-state index in [0.717, 1.165) is 5.56 Å². The molecule has 24 heavy (non-hydrogen) atoms. The summed E-state index contributed by atoms with van der Waals surface area (Å²) in [6.45, 7) is 1.33. The number of ether oxygens (including phenoxy) is 1. The minimum Gasteiger partial charge on any atom is -0.489 e. The monoisotopic (exact) mass is 328 g/mol. The summed E-state index contributed by atoms with van der Waals surface area (Å²) in [5.41, 5.74) is 0.928.